The van der Waals surface area contributed by atoms with Crippen LogP contribution < -0.4 is 5.73 Å². The topological polar surface area (TPSA) is 66.5 Å². The van der Waals surface area contributed by atoms with Gasteiger partial charge in [0.15, 0.2) is 0 Å². The maximum atomic E-state index is 10.7. The first-order valence-corrected chi connectivity index (χ1v) is 5.89. The fraction of sp³-hybridized carbons (Fsp3) is 0.538. The smallest absolute Gasteiger partial charge is 0.115 e. The quantitative estimate of drug-likeness (QED) is 0.712. The zero-order valence-electron chi connectivity index (χ0n) is 9.39. The molecule has 1 aliphatic rings. The minimum absolute atomic E-state index is 0.100. The first-order valence-electron chi connectivity index (χ1n) is 5.89. The van der Waals surface area contributed by atoms with Crippen LogP contribution in [0.3, 0.4) is 0 Å². The SMILES string of the molecule is NCC1CCCCC1(O)c1cccc(O)c1. The Bertz CT molecular complexity index is 367. The average Bonchev–Trinajstić information content (AvgIpc) is 2.30. The Morgan fingerprint density at radius 2 is 2.19 bits per heavy atom. The summed E-state index contributed by atoms with van der Waals surface area (Å²) >= 11 is 0. The van der Waals surface area contributed by atoms with Gasteiger partial charge in [0.1, 0.15) is 5.75 Å². The van der Waals surface area contributed by atoms with Gasteiger partial charge in [0, 0.05) is 5.92 Å². The molecular weight excluding hydrogens is 202 g/mol. The summed E-state index contributed by atoms with van der Waals surface area (Å²) in [5.41, 5.74) is 5.67. The van der Waals surface area contributed by atoms with Gasteiger partial charge in [-0.3, -0.25) is 0 Å². The van der Waals surface area contributed by atoms with Crippen LogP contribution in [0.2, 0.25) is 0 Å². The molecule has 1 saturated carbocycles. The Hall–Kier alpha value is -1.06. The number of hydrogen-bond donors (Lipinski definition) is 3. The summed E-state index contributed by atoms with van der Waals surface area (Å²) in [6, 6.07) is 6.90. The van der Waals surface area contributed by atoms with Crippen molar-refractivity contribution in [2.75, 3.05) is 6.54 Å². The molecule has 0 saturated heterocycles. The molecule has 4 N–H and O–H groups in total. The van der Waals surface area contributed by atoms with E-state index in [0.717, 1.165) is 31.2 Å². The molecule has 0 amide bonds. The van der Waals surface area contributed by atoms with Crippen LogP contribution in [-0.2, 0) is 5.60 Å². The number of nitrogens with two attached hydrogens (primary N) is 1. The standard InChI is InChI=1S/C13H19NO2/c14-9-11-4-1-2-7-13(11,16)10-5-3-6-12(15)8-10/h3,5-6,8,11,15-16H,1-2,4,7,9,14H2. The lowest BCUT2D eigenvalue weighted by Crippen LogP contribution is -2.41. The monoisotopic (exact) mass is 221 g/mol. The van der Waals surface area contributed by atoms with Crippen LogP contribution in [0.15, 0.2) is 24.3 Å². The van der Waals surface area contributed by atoms with Crippen molar-refractivity contribution in [2.45, 2.75) is 31.3 Å². The van der Waals surface area contributed by atoms with Gasteiger partial charge in [0.05, 0.1) is 5.60 Å². The van der Waals surface area contributed by atoms with Gasteiger partial charge >= 0.3 is 0 Å². The number of phenolic OH excluding ortho intramolecular Hbond substituents is 1. The zero-order chi connectivity index (χ0) is 11.6. The van der Waals surface area contributed by atoms with E-state index < -0.39 is 5.60 Å². The molecule has 2 unspecified atom stereocenters. The largest absolute Gasteiger partial charge is 0.508 e. The van der Waals surface area contributed by atoms with Crippen LogP contribution in [0.4, 0.5) is 0 Å². The normalized spacial score (nSPS) is 30.2. The van der Waals surface area contributed by atoms with E-state index in [0.29, 0.717) is 6.54 Å². The second-order valence-electron chi connectivity index (χ2n) is 4.65. The summed E-state index contributed by atoms with van der Waals surface area (Å²) < 4.78 is 0. The average molecular weight is 221 g/mol. The molecule has 0 aromatic heterocycles. The number of phenols is 1. The summed E-state index contributed by atoms with van der Waals surface area (Å²) in [4.78, 5) is 0. The lowest BCUT2D eigenvalue weighted by atomic mass is 9.71. The molecule has 3 heteroatoms. The minimum atomic E-state index is -0.855. The Balaban J connectivity index is 2.34. The first-order chi connectivity index (χ1) is 7.66. The summed E-state index contributed by atoms with van der Waals surface area (Å²) in [7, 11) is 0. The summed E-state index contributed by atoms with van der Waals surface area (Å²) in [6.07, 6.45) is 3.84. The van der Waals surface area contributed by atoms with Crippen molar-refractivity contribution in [3.05, 3.63) is 29.8 Å². The van der Waals surface area contributed by atoms with E-state index in [4.69, 9.17) is 5.73 Å². The van der Waals surface area contributed by atoms with Crippen molar-refractivity contribution in [1.82, 2.24) is 0 Å². The molecule has 88 valence electrons. The maximum Gasteiger partial charge on any atom is 0.115 e. The minimum Gasteiger partial charge on any atom is -0.508 e. The molecule has 1 aliphatic carbocycles. The molecule has 0 aliphatic heterocycles. The summed E-state index contributed by atoms with van der Waals surface area (Å²) in [5.74, 6) is 0.301. The molecule has 0 radical (unpaired) electrons. The van der Waals surface area contributed by atoms with E-state index >= 15 is 0 Å². The van der Waals surface area contributed by atoms with E-state index in [1.807, 2.05) is 6.07 Å². The Morgan fingerprint density at radius 1 is 1.38 bits per heavy atom. The Morgan fingerprint density at radius 3 is 2.88 bits per heavy atom. The number of aliphatic hydroxyl groups is 1. The highest BCUT2D eigenvalue weighted by molar-refractivity contribution is 5.32. The maximum absolute atomic E-state index is 10.7. The number of hydrogen-bond acceptors (Lipinski definition) is 3. The predicted octanol–water partition coefficient (Wildman–Crippen LogP) is 1.73. The second kappa shape index (κ2) is 4.44. The van der Waals surface area contributed by atoms with Crippen LogP contribution in [0.1, 0.15) is 31.2 Å². The van der Waals surface area contributed by atoms with Gasteiger partial charge in [0.2, 0.25) is 0 Å². The van der Waals surface area contributed by atoms with Crippen LogP contribution in [0.25, 0.3) is 0 Å². The molecule has 16 heavy (non-hydrogen) atoms. The van der Waals surface area contributed by atoms with Crippen molar-refractivity contribution in [2.24, 2.45) is 11.7 Å². The number of rotatable bonds is 2. The van der Waals surface area contributed by atoms with Gasteiger partial charge in [0.25, 0.3) is 0 Å². The summed E-state index contributed by atoms with van der Waals surface area (Å²) in [6.45, 7) is 0.492. The molecule has 1 aromatic rings. The van der Waals surface area contributed by atoms with Crippen LogP contribution >= 0.6 is 0 Å². The molecule has 2 atom stereocenters. The van der Waals surface area contributed by atoms with Crippen molar-refractivity contribution >= 4 is 0 Å². The van der Waals surface area contributed by atoms with Gasteiger partial charge in [-0.25, -0.2) is 0 Å². The molecule has 2 rings (SSSR count). The van der Waals surface area contributed by atoms with Gasteiger partial charge in [-0.05, 0) is 37.1 Å². The molecule has 0 spiro atoms. The summed E-state index contributed by atoms with van der Waals surface area (Å²) in [5, 5.41) is 20.2. The van der Waals surface area contributed by atoms with E-state index in [-0.39, 0.29) is 11.7 Å². The van der Waals surface area contributed by atoms with E-state index in [1.165, 1.54) is 0 Å². The van der Waals surface area contributed by atoms with Gasteiger partial charge in [-0.2, -0.15) is 0 Å². The second-order valence-corrected chi connectivity index (χ2v) is 4.65. The third kappa shape index (κ3) is 1.93. The van der Waals surface area contributed by atoms with Crippen LogP contribution in [-0.4, -0.2) is 16.8 Å². The Labute approximate surface area is 95.9 Å². The highest BCUT2D eigenvalue weighted by Crippen LogP contribution is 2.41. The highest BCUT2D eigenvalue weighted by atomic mass is 16.3. The highest BCUT2D eigenvalue weighted by Gasteiger charge is 2.39. The van der Waals surface area contributed by atoms with Crippen molar-refractivity contribution < 1.29 is 10.2 Å². The molecule has 0 bridgehead atoms. The lowest BCUT2D eigenvalue weighted by molar-refractivity contribution is -0.0507. The van der Waals surface area contributed by atoms with Crippen molar-refractivity contribution in [3.8, 4) is 5.75 Å². The number of aromatic hydroxyl groups is 1. The first kappa shape index (κ1) is 11.4. The van der Waals surface area contributed by atoms with Crippen molar-refractivity contribution in [3.63, 3.8) is 0 Å². The molecule has 0 heterocycles. The molecular formula is C13H19NO2. The van der Waals surface area contributed by atoms with E-state index in [2.05, 4.69) is 0 Å². The third-order valence-electron chi connectivity index (χ3n) is 3.67. The van der Waals surface area contributed by atoms with Gasteiger partial charge in [-0.1, -0.05) is 25.0 Å². The van der Waals surface area contributed by atoms with Gasteiger partial charge in [-0.15, -0.1) is 0 Å². The molecule has 1 fully saturated rings. The number of benzene rings is 1. The zero-order valence-corrected chi connectivity index (χ0v) is 9.39. The van der Waals surface area contributed by atoms with E-state index in [9.17, 15) is 10.2 Å². The third-order valence-corrected chi connectivity index (χ3v) is 3.67. The lowest BCUT2D eigenvalue weighted by Gasteiger charge is -2.40. The molecule has 1 aromatic carbocycles. The van der Waals surface area contributed by atoms with Crippen LogP contribution in [0, 0.1) is 5.92 Å². The van der Waals surface area contributed by atoms with Crippen molar-refractivity contribution in [1.29, 1.82) is 0 Å². The van der Waals surface area contributed by atoms with Crippen LogP contribution in [0.5, 0.6) is 5.75 Å². The van der Waals surface area contributed by atoms with Gasteiger partial charge < -0.3 is 15.9 Å². The Kier molecular flexibility index (Phi) is 3.17. The fourth-order valence-electron chi connectivity index (χ4n) is 2.70. The van der Waals surface area contributed by atoms with E-state index in [1.54, 1.807) is 18.2 Å². The predicted molar refractivity (Wildman–Crippen MR) is 63.0 cm³/mol. The fourth-order valence-corrected chi connectivity index (χ4v) is 2.70. The molecule has 3 nitrogen and oxygen atoms in total.